The SMILES string of the molecule is N=C(NO)c1csc([C@H](CO)NC(=O)O)c1. The molecule has 0 fully saturated rings. The number of hydroxylamine groups is 1. The Hall–Kier alpha value is -1.64. The van der Waals surface area contributed by atoms with Gasteiger partial charge >= 0.3 is 6.09 Å². The van der Waals surface area contributed by atoms with E-state index in [4.69, 9.17) is 20.8 Å². The van der Waals surface area contributed by atoms with E-state index in [0.717, 1.165) is 0 Å². The lowest BCUT2D eigenvalue weighted by Crippen LogP contribution is -2.28. The van der Waals surface area contributed by atoms with Crippen LogP contribution in [0.25, 0.3) is 0 Å². The van der Waals surface area contributed by atoms with E-state index in [1.807, 2.05) is 0 Å². The van der Waals surface area contributed by atoms with Gasteiger partial charge in [0, 0.05) is 15.8 Å². The zero-order valence-corrected chi connectivity index (χ0v) is 8.91. The van der Waals surface area contributed by atoms with E-state index in [1.54, 1.807) is 10.9 Å². The molecule has 6 N–H and O–H groups in total. The molecule has 1 heterocycles. The van der Waals surface area contributed by atoms with Crippen LogP contribution in [0.3, 0.4) is 0 Å². The van der Waals surface area contributed by atoms with Crippen molar-refractivity contribution < 1.29 is 20.2 Å². The van der Waals surface area contributed by atoms with Gasteiger partial charge in [-0.1, -0.05) is 0 Å². The average Bonchev–Trinajstić information content (AvgIpc) is 2.73. The molecule has 16 heavy (non-hydrogen) atoms. The van der Waals surface area contributed by atoms with Crippen molar-refractivity contribution in [2.45, 2.75) is 6.04 Å². The molecule has 0 radical (unpaired) electrons. The second-order valence-corrected chi connectivity index (χ2v) is 3.85. The fourth-order valence-corrected chi connectivity index (χ4v) is 2.03. The molecule has 1 rings (SSSR count). The zero-order chi connectivity index (χ0) is 12.1. The lowest BCUT2D eigenvalue weighted by atomic mass is 10.2. The van der Waals surface area contributed by atoms with E-state index < -0.39 is 12.1 Å². The van der Waals surface area contributed by atoms with Crippen LogP contribution < -0.4 is 10.8 Å². The van der Waals surface area contributed by atoms with Crippen molar-refractivity contribution in [3.63, 3.8) is 0 Å². The second-order valence-electron chi connectivity index (χ2n) is 2.91. The van der Waals surface area contributed by atoms with Gasteiger partial charge in [0.25, 0.3) is 0 Å². The number of thiophene rings is 1. The summed E-state index contributed by atoms with van der Waals surface area (Å²) in [5.41, 5.74) is 2.11. The summed E-state index contributed by atoms with van der Waals surface area (Å²) >= 11 is 1.19. The minimum Gasteiger partial charge on any atom is -0.465 e. The molecular formula is C8H11N3O4S. The lowest BCUT2D eigenvalue weighted by Gasteiger charge is -2.11. The molecule has 0 aliphatic rings. The van der Waals surface area contributed by atoms with Gasteiger partial charge in [-0.05, 0) is 6.07 Å². The lowest BCUT2D eigenvalue weighted by molar-refractivity contribution is 0.178. The highest BCUT2D eigenvalue weighted by Crippen LogP contribution is 2.21. The fourth-order valence-electron chi connectivity index (χ4n) is 1.09. The minimum absolute atomic E-state index is 0.186. The van der Waals surface area contributed by atoms with Gasteiger partial charge in [-0.25, -0.2) is 4.79 Å². The number of amidine groups is 1. The van der Waals surface area contributed by atoms with Gasteiger partial charge < -0.3 is 15.5 Å². The van der Waals surface area contributed by atoms with Gasteiger partial charge in [-0.3, -0.25) is 16.1 Å². The molecule has 0 spiro atoms. The van der Waals surface area contributed by atoms with Crippen LogP contribution >= 0.6 is 11.3 Å². The first kappa shape index (κ1) is 12.4. The molecule has 0 aliphatic heterocycles. The minimum atomic E-state index is -1.23. The topological polar surface area (TPSA) is 126 Å². The molecule has 1 amide bonds. The summed E-state index contributed by atoms with van der Waals surface area (Å²) in [4.78, 5) is 11.0. The van der Waals surface area contributed by atoms with Crippen molar-refractivity contribution in [2.24, 2.45) is 0 Å². The standard InChI is InChI=1S/C8H11N3O4S/c9-7(11-15)4-1-6(16-3-4)5(2-12)10-8(13)14/h1,3,5,10,12,15H,2H2,(H2,9,11)(H,13,14)/t5-/m0/s1. The zero-order valence-electron chi connectivity index (χ0n) is 8.10. The van der Waals surface area contributed by atoms with Crippen LogP contribution in [-0.2, 0) is 0 Å². The summed E-state index contributed by atoms with van der Waals surface area (Å²) in [5.74, 6) is -0.186. The Balaban J connectivity index is 2.82. The highest BCUT2D eigenvalue weighted by atomic mass is 32.1. The first-order valence-corrected chi connectivity index (χ1v) is 5.14. The monoisotopic (exact) mass is 245 g/mol. The molecule has 0 saturated heterocycles. The van der Waals surface area contributed by atoms with E-state index in [9.17, 15) is 4.79 Å². The van der Waals surface area contributed by atoms with Crippen LogP contribution in [0, 0.1) is 5.41 Å². The van der Waals surface area contributed by atoms with E-state index in [0.29, 0.717) is 10.4 Å². The first-order chi connectivity index (χ1) is 7.58. The molecule has 0 saturated carbocycles. The third kappa shape index (κ3) is 2.92. The van der Waals surface area contributed by atoms with Gasteiger partial charge in [0.05, 0.1) is 12.6 Å². The third-order valence-corrected chi connectivity index (χ3v) is 2.89. The number of carboxylic acid groups (broad SMARTS) is 1. The first-order valence-electron chi connectivity index (χ1n) is 4.26. The Morgan fingerprint density at radius 1 is 1.62 bits per heavy atom. The number of rotatable bonds is 4. The van der Waals surface area contributed by atoms with E-state index >= 15 is 0 Å². The van der Waals surface area contributed by atoms with Crippen molar-refractivity contribution in [2.75, 3.05) is 6.61 Å². The van der Waals surface area contributed by atoms with Gasteiger partial charge in [-0.2, -0.15) is 0 Å². The molecule has 7 nitrogen and oxygen atoms in total. The molecule has 1 atom stereocenters. The Labute approximate surface area is 94.8 Å². The van der Waals surface area contributed by atoms with Crippen molar-refractivity contribution in [1.29, 1.82) is 5.41 Å². The van der Waals surface area contributed by atoms with Crippen LogP contribution in [0.1, 0.15) is 16.5 Å². The average molecular weight is 245 g/mol. The summed E-state index contributed by atoms with van der Waals surface area (Å²) in [7, 11) is 0. The number of aliphatic hydroxyl groups excluding tert-OH is 1. The van der Waals surface area contributed by atoms with Gasteiger partial charge in [0.15, 0.2) is 0 Å². The highest BCUT2D eigenvalue weighted by molar-refractivity contribution is 7.10. The maximum absolute atomic E-state index is 10.4. The summed E-state index contributed by atoms with van der Waals surface area (Å²) in [6, 6.07) is 0.801. The molecule has 1 aromatic heterocycles. The largest absolute Gasteiger partial charge is 0.465 e. The number of hydrogen-bond donors (Lipinski definition) is 6. The van der Waals surface area contributed by atoms with Crippen molar-refractivity contribution in [1.82, 2.24) is 10.8 Å². The van der Waals surface area contributed by atoms with Gasteiger partial charge in [-0.15, -0.1) is 11.3 Å². The van der Waals surface area contributed by atoms with E-state index in [-0.39, 0.29) is 12.4 Å². The molecule has 0 bridgehead atoms. The second kappa shape index (κ2) is 5.45. The Bertz CT molecular complexity index is 392. The van der Waals surface area contributed by atoms with Crippen LogP contribution in [0.15, 0.2) is 11.4 Å². The van der Waals surface area contributed by atoms with Gasteiger partial charge in [0.2, 0.25) is 0 Å². The normalized spacial score (nSPS) is 11.9. The Morgan fingerprint density at radius 2 is 2.31 bits per heavy atom. The van der Waals surface area contributed by atoms with E-state index in [1.165, 1.54) is 17.4 Å². The maximum Gasteiger partial charge on any atom is 0.405 e. The van der Waals surface area contributed by atoms with Crippen LogP contribution in [0.4, 0.5) is 4.79 Å². The summed E-state index contributed by atoms with van der Waals surface area (Å²) in [6.45, 7) is -0.369. The van der Waals surface area contributed by atoms with Crippen molar-refractivity contribution in [3.8, 4) is 0 Å². The third-order valence-electron chi connectivity index (χ3n) is 1.84. The summed E-state index contributed by atoms with van der Waals surface area (Å²) in [5, 5.41) is 37.0. The molecule has 0 unspecified atom stereocenters. The van der Waals surface area contributed by atoms with Crippen molar-refractivity contribution in [3.05, 3.63) is 21.9 Å². The Morgan fingerprint density at radius 3 is 2.81 bits per heavy atom. The van der Waals surface area contributed by atoms with Crippen LogP contribution in [-0.4, -0.2) is 34.0 Å². The molecule has 0 aromatic carbocycles. The predicted octanol–water partition coefficient (Wildman–Crippen LogP) is 0.353. The summed E-state index contributed by atoms with van der Waals surface area (Å²) < 4.78 is 0. The number of nitrogens with one attached hydrogen (secondary N) is 3. The maximum atomic E-state index is 10.4. The van der Waals surface area contributed by atoms with Crippen molar-refractivity contribution >= 4 is 23.3 Å². The number of amides is 1. The molecule has 1 aromatic rings. The molecule has 8 heteroatoms. The number of hydrogen-bond acceptors (Lipinski definition) is 5. The quantitative estimate of drug-likeness (QED) is 0.259. The molecular weight excluding hydrogens is 234 g/mol. The highest BCUT2D eigenvalue weighted by Gasteiger charge is 2.16. The summed E-state index contributed by atoms with van der Waals surface area (Å²) in [6.07, 6.45) is -1.23. The number of aliphatic hydroxyl groups is 1. The molecule has 88 valence electrons. The van der Waals surface area contributed by atoms with Crippen LogP contribution in [0.2, 0.25) is 0 Å². The fraction of sp³-hybridized carbons (Fsp3) is 0.250. The smallest absolute Gasteiger partial charge is 0.405 e. The van der Waals surface area contributed by atoms with Gasteiger partial charge in [0.1, 0.15) is 5.84 Å². The predicted molar refractivity (Wildman–Crippen MR) is 57.1 cm³/mol. The van der Waals surface area contributed by atoms with Crippen LogP contribution in [0.5, 0.6) is 0 Å². The van der Waals surface area contributed by atoms with E-state index in [2.05, 4.69) is 5.32 Å². The molecule has 0 aliphatic carbocycles. The number of carbonyl (C=O) groups is 1. The Kier molecular flexibility index (Phi) is 4.23.